The van der Waals surface area contributed by atoms with Crippen molar-refractivity contribution in [1.29, 1.82) is 0 Å². The van der Waals surface area contributed by atoms with Crippen molar-refractivity contribution in [3.8, 4) is 0 Å². The van der Waals surface area contributed by atoms with Crippen LogP contribution in [0.5, 0.6) is 0 Å². The summed E-state index contributed by atoms with van der Waals surface area (Å²) in [4.78, 5) is 26.0. The minimum absolute atomic E-state index is 0.182. The molecular weight excluding hydrogens is 346 g/mol. The Morgan fingerprint density at radius 1 is 1.50 bits per heavy atom. The van der Waals surface area contributed by atoms with Crippen LogP contribution in [0.1, 0.15) is 10.4 Å². The first kappa shape index (κ1) is 15.3. The predicted octanol–water partition coefficient (Wildman–Crippen LogP) is 1.26. The molecule has 1 saturated heterocycles. The van der Waals surface area contributed by atoms with Crippen LogP contribution in [-0.4, -0.2) is 49.4 Å². The van der Waals surface area contributed by atoms with Gasteiger partial charge in [-0.25, -0.2) is 0 Å². The fraction of sp³-hybridized carbons (Fsp3) is 0.385. The zero-order valence-corrected chi connectivity index (χ0v) is 13.3. The van der Waals surface area contributed by atoms with Crippen molar-refractivity contribution in [2.75, 3.05) is 26.7 Å². The zero-order chi connectivity index (χ0) is 14.7. The summed E-state index contributed by atoms with van der Waals surface area (Å²) in [5.74, 6) is -0.406. The largest absolute Gasteiger partial charge is 0.357 e. The van der Waals surface area contributed by atoms with E-state index in [4.69, 9.17) is 11.6 Å². The summed E-state index contributed by atoms with van der Waals surface area (Å²) >= 11 is 9.42. The molecule has 0 aromatic heterocycles. The van der Waals surface area contributed by atoms with Crippen LogP contribution in [0.15, 0.2) is 22.7 Å². The van der Waals surface area contributed by atoms with E-state index < -0.39 is 6.04 Å². The average Bonchev–Trinajstić information content (AvgIpc) is 2.46. The molecule has 1 aromatic rings. The van der Waals surface area contributed by atoms with Crippen molar-refractivity contribution in [3.63, 3.8) is 0 Å². The number of halogens is 2. The first-order valence-electron chi connectivity index (χ1n) is 6.23. The van der Waals surface area contributed by atoms with E-state index >= 15 is 0 Å². The SMILES string of the molecule is CNC(=O)C1CNCCN1C(=O)c1ccc(Br)cc1Cl. The van der Waals surface area contributed by atoms with Gasteiger partial charge in [0.25, 0.3) is 5.91 Å². The van der Waals surface area contributed by atoms with Gasteiger partial charge in [-0.15, -0.1) is 0 Å². The molecule has 5 nitrogen and oxygen atoms in total. The Bertz CT molecular complexity index is 538. The smallest absolute Gasteiger partial charge is 0.256 e. The van der Waals surface area contributed by atoms with Gasteiger partial charge in [-0.05, 0) is 18.2 Å². The Kier molecular flexibility index (Phi) is 5.01. The maximum absolute atomic E-state index is 12.6. The number of nitrogens with one attached hydrogen (secondary N) is 2. The fourth-order valence-electron chi connectivity index (χ4n) is 2.17. The second-order valence-electron chi connectivity index (χ2n) is 4.46. The maximum atomic E-state index is 12.6. The average molecular weight is 361 g/mol. The predicted molar refractivity (Wildman–Crippen MR) is 80.9 cm³/mol. The molecule has 7 heteroatoms. The van der Waals surface area contributed by atoms with Crippen molar-refractivity contribution >= 4 is 39.3 Å². The Morgan fingerprint density at radius 2 is 2.25 bits per heavy atom. The summed E-state index contributed by atoms with van der Waals surface area (Å²) in [5, 5.41) is 6.07. The Morgan fingerprint density at radius 3 is 2.90 bits per heavy atom. The lowest BCUT2D eigenvalue weighted by atomic mass is 10.1. The highest BCUT2D eigenvalue weighted by Gasteiger charge is 2.32. The van der Waals surface area contributed by atoms with E-state index in [1.165, 1.54) is 0 Å². The molecule has 0 radical (unpaired) electrons. The van der Waals surface area contributed by atoms with Crippen LogP contribution in [0.4, 0.5) is 0 Å². The Hall–Kier alpha value is -1.11. The molecule has 1 unspecified atom stereocenters. The molecule has 1 aliphatic rings. The molecule has 0 saturated carbocycles. The molecule has 2 amide bonds. The molecule has 1 aliphatic heterocycles. The summed E-state index contributed by atoms with van der Waals surface area (Å²) in [6, 6.07) is 4.58. The number of carbonyl (C=O) groups excluding carboxylic acids is 2. The van der Waals surface area contributed by atoms with Gasteiger partial charge in [0.1, 0.15) is 6.04 Å². The van der Waals surface area contributed by atoms with Gasteiger partial charge >= 0.3 is 0 Å². The molecule has 20 heavy (non-hydrogen) atoms. The molecule has 0 bridgehead atoms. The Balaban J connectivity index is 2.27. The van der Waals surface area contributed by atoms with Crippen LogP contribution in [-0.2, 0) is 4.79 Å². The summed E-state index contributed by atoms with van der Waals surface area (Å²) in [6.45, 7) is 1.58. The van der Waals surface area contributed by atoms with Crippen molar-refractivity contribution in [2.24, 2.45) is 0 Å². The lowest BCUT2D eigenvalue weighted by Crippen LogP contribution is -2.59. The maximum Gasteiger partial charge on any atom is 0.256 e. The second-order valence-corrected chi connectivity index (χ2v) is 5.78. The lowest BCUT2D eigenvalue weighted by Gasteiger charge is -2.35. The number of hydrogen-bond donors (Lipinski definition) is 2. The van der Waals surface area contributed by atoms with E-state index in [1.807, 2.05) is 0 Å². The number of carbonyl (C=O) groups is 2. The molecule has 108 valence electrons. The van der Waals surface area contributed by atoms with Gasteiger partial charge in [0.05, 0.1) is 10.6 Å². The number of amides is 2. The summed E-state index contributed by atoms with van der Waals surface area (Å²) in [5.41, 5.74) is 0.408. The van der Waals surface area contributed by atoms with Gasteiger partial charge in [0.2, 0.25) is 5.91 Å². The van der Waals surface area contributed by atoms with Gasteiger partial charge < -0.3 is 15.5 Å². The van der Waals surface area contributed by atoms with Gasteiger partial charge in [-0.1, -0.05) is 27.5 Å². The van der Waals surface area contributed by atoms with Crippen LogP contribution >= 0.6 is 27.5 Å². The minimum atomic E-state index is -0.513. The summed E-state index contributed by atoms with van der Waals surface area (Å²) < 4.78 is 0.808. The van der Waals surface area contributed by atoms with Gasteiger partial charge in [-0.3, -0.25) is 9.59 Å². The van der Waals surface area contributed by atoms with Crippen LogP contribution < -0.4 is 10.6 Å². The van der Waals surface area contributed by atoms with Crippen molar-refractivity contribution in [1.82, 2.24) is 15.5 Å². The highest BCUT2D eigenvalue weighted by atomic mass is 79.9. The normalized spacial score (nSPS) is 18.8. The van der Waals surface area contributed by atoms with E-state index in [2.05, 4.69) is 26.6 Å². The topological polar surface area (TPSA) is 61.4 Å². The number of nitrogens with zero attached hydrogens (tertiary/aromatic N) is 1. The molecule has 2 N–H and O–H groups in total. The molecule has 1 aromatic carbocycles. The summed E-state index contributed by atoms with van der Waals surface area (Å²) in [6.07, 6.45) is 0. The molecule has 2 rings (SSSR count). The highest BCUT2D eigenvalue weighted by Crippen LogP contribution is 2.23. The van der Waals surface area contributed by atoms with Gasteiger partial charge in [0.15, 0.2) is 0 Å². The van der Waals surface area contributed by atoms with E-state index in [0.29, 0.717) is 30.2 Å². The quantitative estimate of drug-likeness (QED) is 0.835. The number of hydrogen-bond acceptors (Lipinski definition) is 3. The first-order chi connectivity index (χ1) is 9.54. The molecule has 1 atom stereocenters. The van der Waals surface area contributed by atoms with Crippen molar-refractivity contribution in [3.05, 3.63) is 33.3 Å². The number of likely N-dealkylation sites (N-methyl/N-ethyl adjacent to an activating group) is 1. The number of rotatable bonds is 2. The molecule has 1 heterocycles. The van der Waals surface area contributed by atoms with E-state index in [0.717, 1.165) is 4.47 Å². The standard InChI is InChI=1S/C13H15BrClN3O2/c1-16-12(19)11-7-17-4-5-18(11)13(20)9-3-2-8(14)6-10(9)15/h2-3,6,11,17H,4-5,7H2,1H3,(H,16,19). The van der Waals surface area contributed by atoms with E-state index in [9.17, 15) is 9.59 Å². The zero-order valence-electron chi connectivity index (χ0n) is 11.0. The van der Waals surface area contributed by atoms with Crippen LogP contribution in [0.2, 0.25) is 5.02 Å². The second kappa shape index (κ2) is 6.56. The van der Waals surface area contributed by atoms with E-state index in [-0.39, 0.29) is 11.8 Å². The Labute approximate surface area is 130 Å². The number of piperazine rings is 1. The van der Waals surface area contributed by atoms with Gasteiger partial charge in [-0.2, -0.15) is 0 Å². The molecule has 0 spiro atoms. The third-order valence-electron chi connectivity index (χ3n) is 3.21. The van der Waals surface area contributed by atoms with E-state index in [1.54, 1.807) is 30.1 Å². The fourth-order valence-corrected chi connectivity index (χ4v) is 2.92. The molecular formula is C13H15BrClN3O2. The van der Waals surface area contributed by atoms with Crippen molar-refractivity contribution < 1.29 is 9.59 Å². The van der Waals surface area contributed by atoms with Crippen molar-refractivity contribution in [2.45, 2.75) is 6.04 Å². The molecule has 1 fully saturated rings. The van der Waals surface area contributed by atoms with Crippen LogP contribution in [0, 0.1) is 0 Å². The third kappa shape index (κ3) is 3.13. The summed E-state index contributed by atoms with van der Waals surface area (Å²) in [7, 11) is 1.56. The third-order valence-corrected chi connectivity index (χ3v) is 4.02. The first-order valence-corrected chi connectivity index (χ1v) is 7.40. The van der Waals surface area contributed by atoms with Crippen LogP contribution in [0.3, 0.4) is 0 Å². The lowest BCUT2D eigenvalue weighted by molar-refractivity contribution is -0.125. The monoisotopic (exact) mass is 359 g/mol. The molecule has 0 aliphatic carbocycles. The highest BCUT2D eigenvalue weighted by molar-refractivity contribution is 9.10. The number of benzene rings is 1. The minimum Gasteiger partial charge on any atom is -0.357 e. The van der Waals surface area contributed by atoms with Crippen LogP contribution in [0.25, 0.3) is 0 Å². The van der Waals surface area contributed by atoms with Gasteiger partial charge in [0, 0.05) is 31.2 Å².